The maximum atomic E-state index is 12.4. The number of benzene rings is 2. The van der Waals surface area contributed by atoms with Crippen LogP contribution in [0.5, 0.6) is 10.9 Å². The summed E-state index contributed by atoms with van der Waals surface area (Å²) in [6.45, 7) is 1.30. The molecule has 2 heterocycles. The van der Waals surface area contributed by atoms with E-state index in [0.29, 0.717) is 24.0 Å². The SMILES string of the molecule is O=C(COc1ccc(-c2ccccc2)cc1)N1CCC(Oc2nccs2)C1. The van der Waals surface area contributed by atoms with Gasteiger partial charge in [0.15, 0.2) is 6.61 Å². The summed E-state index contributed by atoms with van der Waals surface area (Å²) in [7, 11) is 0. The molecule has 1 aromatic heterocycles. The van der Waals surface area contributed by atoms with Crippen LogP contribution in [0.15, 0.2) is 66.2 Å². The van der Waals surface area contributed by atoms with E-state index in [4.69, 9.17) is 9.47 Å². The summed E-state index contributed by atoms with van der Waals surface area (Å²) < 4.78 is 11.5. The number of amides is 1. The Bertz CT molecular complexity index is 866. The lowest BCUT2D eigenvalue weighted by Crippen LogP contribution is -2.34. The Hall–Kier alpha value is -2.86. The Kier molecular flexibility index (Phi) is 5.34. The highest BCUT2D eigenvalue weighted by atomic mass is 32.1. The Labute approximate surface area is 162 Å². The van der Waals surface area contributed by atoms with Crippen molar-refractivity contribution >= 4 is 17.2 Å². The minimum Gasteiger partial charge on any atom is -0.484 e. The third-order valence-corrected chi connectivity index (χ3v) is 5.16. The molecule has 2 aromatic carbocycles. The molecule has 1 fully saturated rings. The van der Waals surface area contributed by atoms with Crippen molar-refractivity contribution in [3.63, 3.8) is 0 Å². The van der Waals surface area contributed by atoms with Crippen molar-refractivity contribution in [2.24, 2.45) is 0 Å². The van der Waals surface area contributed by atoms with E-state index in [0.717, 1.165) is 17.5 Å². The second-order valence-corrected chi connectivity index (χ2v) is 7.20. The Morgan fingerprint density at radius 1 is 1.11 bits per heavy atom. The zero-order valence-electron chi connectivity index (χ0n) is 14.8. The van der Waals surface area contributed by atoms with Gasteiger partial charge in [0, 0.05) is 24.5 Å². The smallest absolute Gasteiger partial charge is 0.273 e. The Balaban J connectivity index is 1.27. The van der Waals surface area contributed by atoms with E-state index in [9.17, 15) is 4.79 Å². The van der Waals surface area contributed by atoms with E-state index < -0.39 is 0 Å². The molecule has 1 amide bonds. The van der Waals surface area contributed by atoms with Gasteiger partial charge >= 0.3 is 0 Å². The first kappa shape index (κ1) is 17.5. The zero-order chi connectivity index (χ0) is 18.5. The molecule has 1 aliphatic heterocycles. The molecule has 0 bridgehead atoms. The number of likely N-dealkylation sites (tertiary alicyclic amines) is 1. The van der Waals surface area contributed by atoms with Gasteiger partial charge in [-0.1, -0.05) is 53.8 Å². The molecule has 0 N–H and O–H groups in total. The fraction of sp³-hybridized carbons (Fsp3) is 0.238. The fourth-order valence-corrected chi connectivity index (χ4v) is 3.62. The first-order chi connectivity index (χ1) is 13.3. The van der Waals surface area contributed by atoms with Gasteiger partial charge in [-0.15, -0.1) is 0 Å². The number of carbonyl (C=O) groups is 1. The second-order valence-electron chi connectivity index (χ2n) is 6.35. The summed E-state index contributed by atoms with van der Waals surface area (Å²) in [6, 6.07) is 18.0. The number of nitrogens with zero attached hydrogens (tertiary/aromatic N) is 2. The van der Waals surface area contributed by atoms with E-state index >= 15 is 0 Å². The van der Waals surface area contributed by atoms with Crippen LogP contribution in [-0.4, -0.2) is 41.6 Å². The van der Waals surface area contributed by atoms with Gasteiger partial charge in [0.25, 0.3) is 11.1 Å². The van der Waals surface area contributed by atoms with Crippen LogP contribution in [0.4, 0.5) is 0 Å². The first-order valence-electron chi connectivity index (χ1n) is 8.90. The van der Waals surface area contributed by atoms with Crippen molar-refractivity contribution in [2.75, 3.05) is 19.7 Å². The molecule has 0 radical (unpaired) electrons. The molecular weight excluding hydrogens is 360 g/mol. The molecular formula is C21H20N2O3S. The Morgan fingerprint density at radius 3 is 2.63 bits per heavy atom. The van der Waals surface area contributed by atoms with Crippen LogP contribution < -0.4 is 9.47 Å². The van der Waals surface area contributed by atoms with Gasteiger partial charge in [0.05, 0.1) is 6.54 Å². The predicted octanol–water partition coefficient (Wildman–Crippen LogP) is 3.87. The molecule has 0 spiro atoms. The van der Waals surface area contributed by atoms with Gasteiger partial charge in [-0.05, 0) is 23.3 Å². The van der Waals surface area contributed by atoms with Crippen LogP contribution in [-0.2, 0) is 4.79 Å². The lowest BCUT2D eigenvalue weighted by molar-refractivity contribution is -0.132. The van der Waals surface area contributed by atoms with Crippen molar-refractivity contribution < 1.29 is 14.3 Å². The topological polar surface area (TPSA) is 51.7 Å². The van der Waals surface area contributed by atoms with Crippen LogP contribution in [0.3, 0.4) is 0 Å². The molecule has 1 unspecified atom stereocenters. The molecule has 6 heteroatoms. The minimum atomic E-state index is -0.0209. The molecule has 0 saturated carbocycles. The largest absolute Gasteiger partial charge is 0.484 e. The molecule has 4 rings (SSSR count). The second kappa shape index (κ2) is 8.22. The van der Waals surface area contributed by atoms with Crippen LogP contribution in [0.25, 0.3) is 11.1 Å². The Morgan fingerprint density at radius 2 is 1.89 bits per heavy atom. The van der Waals surface area contributed by atoms with Gasteiger partial charge in [0.2, 0.25) is 0 Å². The number of aromatic nitrogens is 1. The van der Waals surface area contributed by atoms with E-state index in [1.54, 1.807) is 11.1 Å². The van der Waals surface area contributed by atoms with Gasteiger partial charge in [-0.2, -0.15) is 0 Å². The van der Waals surface area contributed by atoms with Crippen LogP contribution >= 0.6 is 11.3 Å². The minimum absolute atomic E-state index is 0.00487. The molecule has 27 heavy (non-hydrogen) atoms. The highest BCUT2D eigenvalue weighted by Crippen LogP contribution is 2.23. The molecule has 0 aliphatic carbocycles. The van der Waals surface area contributed by atoms with Gasteiger partial charge in [0.1, 0.15) is 11.9 Å². The molecule has 3 aromatic rings. The summed E-state index contributed by atoms with van der Waals surface area (Å²) in [5, 5.41) is 2.54. The van der Waals surface area contributed by atoms with Crippen molar-refractivity contribution in [2.45, 2.75) is 12.5 Å². The molecule has 1 atom stereocenters. The van der Waals surface area contributed by atoms with E-state index in [2.05, 4.69) is 17.1 Å². The lowest BCUT2D eigenvalue weighted by atomic mass is 10.1. The maximum absolute atomic E-state index is 12.4. The summed E-state index contributed by atoms with van der Waals surface area (Å²) >= 11 is 1.46. The molecule has 138 valence electrons. The quantitative estimate of drug-likeness (QED) is 0.651. The van der Waals surface area contributed by atoms with E-state index in [1.807, 2.05) is 47.8 Å². The van der Waals surface area contributed by atoms with Gasteiger partial charge in [-0.3, -0.25) is 4.79 Å². The third kappa shape index (κ3) is 4.46. The number of ether oxygens (including phenoxy) is 2. The number of hydrogen-bond acceptors (Lipinski definition) is 5. The summed E-state index contributed by atoms with van der Waals surface area (Å²) in [4.78, 5) is 18.3. The number of hydrogen-bond donors (Lipinski definition) is 0. The highest BCUT2D eigenvalue weighted by Gasteiger charge is 2.28. The highest BCUT2D eigenvalue weighted by molar-refractivity contribution is 7.11. The van der Waals surface area contributed by atoms with Crippen LogP contribution in [0.2, 0.25) is 0 Å². The lowest BCUT2D eigenvalue weighted by Gasteiger charge is -2.17. The first-order valence-corrected chi connectivity index (χ1v) is 9.78. The monoisotopic (exact) mass is 380 g/mol. The molecule has 1 saturated heterocycles. The molecule has 1 aliphatic rings. The zero-order valence-corrected chi connectivity index (χ0v) is 15.6. The summed E-state index contributed by atoms with van der Waals surface area (Å²) in [5.74, 6) is 0.671. The average molecular weight is 380 g/mol. The third-order valence-electron chi connectivity index (χ3n) is 4.50. The van der Waals surface area contributed by atoms with Crippen molar-refractivity contribution in [1.82, 2.24) is 9.88 Å². The van der Waals surface area contributed by atoms with Crippen molar-refractivity contribution in [3.05, 3.63) is 66.2 Å². The van der Waals surface area contributed by atoms with Crippen LogP contribution in [0, 0.1) is 0 Å². The number of carbonyl (C=O) groups excluding carboxylic acids is 1. The standard InChI is InChI=1S/C21H20N2O3S/c24-20(23-12-10-19(14-23)26-21-22-11-13-27-21)15-25-18-8-6-17(7-9-18)16-4-2-1-3-5-16/h1-9,11,13,19H,10,12,14-15H2. The number of rotatable bonds is 6. The normalized spacial score (nSPS) is 16.3. The van der Waals surface area contributed by atoms with Crippen molar-refractivity contribution in [3.8, 4) is 22.1 Å². The van der Waals surface area contributed by atoms with E-state index in [-0.39, 0.29) is 18.6 Å². The van der Waals surface area contributed by atoms with Crippen molar-refractivity contribution in [1.29, 1.82) is 0 Å². The van der Waals surface area contributed by atoms with Gasteiger partial charge in [-0.25, -0.2) is 4.98 Å². The average Bonchev–Trinajstić information content (AvgIpc) is 3.40. The van der Waals surface area contributed by atoms with Crippen LogP contribution in [0.1, 0.15) is 6.42 Å². The molecule has 5 nitrogen and oxygen atoms in total. The van der Waals surface area contributed by atoms with E-state index in [1.165, 1.54) is 11.3 Å². The number of thiazole rings is 1. The predicted molar refractivity (Wildman–Crippen MR) is 105 cm³/mol. The fourth-order valence-electron chi connectivity index (χ4n) is 3.07. The summed E-state index contributed by atoms with van der Waals surface area (Å²) in [6.07, 6.45) is 2.54. The maximum Gasteiger partial charge on any atom is 0.273 e. The summed E-state index contributed by atoms with van der Waals surface area (Å²) in [5.41, 5.74) is 2.28. The van der Waals surface area contributed by atoms with Gasteiger partial charge < -0.3 is 14.4 Å².